The zero-order valence-electron chi connectivity index (χ0n) is 12.3. The number of hydrogen-bond donors (Lipinski definition) is 2. The highest BCUT2D eigenvalue weighted by atomic mass is 35.5. The number of nitrogens with zero attached hydrogens (tertiary/aromatic N) is 1. The van der Waals surface area contributed by atoms with Crippen molar-refractivity contribution in [3.8, 4) is 0 Å². The summed E-state index contributed by atoms with van der Waals surface area (Å²) in [5.41, 5.74) is 2.25. The van der Waals surface area contributed by atoms with Gasteiger partial charge in [-0.1, -0.05) is 12.1 Å². The second-order valence-corrected chi connectivity index (χ2v) is 5.03. The van der Waals surface area contributed by atoms with Crippen LogP contribution in [0.2, 0.25) is 0 Å². The SMILES string of the molecule is CO.O=C(O)CCCc1ccc(N(CCCl)CCCl)cc1. The van der Waals surface area contributed by atoms with Gasteiger partial charge in [-0.25, -0.2) is 0 Å². The number of halogens is 2. The molecule has 0 amide bonds. The van der Waals surface area contributed by atoms with E-state index in [1.165, 1.54) is 0 Å². The molecular formula is C15H23Cl2NO3. The van der Waals surface area contributed by atoms with Gasteiger partial charge in [0.05, 0.1) is 0 Å². The number of aliphatic hydroxyl groups is 1. The lowest BCUT2D eigenvalue weighted by molar-refractivity contribution is -0.137. The molecule has 0 spiro atoms. The first-order chi connectivity index (χ1) is 10.2. The van der Waals surface area contributed by atoms with Gasteiger partial charge in [0.15, 0.2) is 0 Å². The van der Waals surface area contributed by atoms with Crippen molar-refractivity contribution in [3.63, 3.8) is 0 Å². The Morgan fingerprint density at radius 3 is 2.05 bits per heavy atom. The maximum Gasteiger partial charge on any atom is 0.303 e. The smallest absolute Gasteiger partial charge is 0.303 e. The van der Waals surface area contributed by atoms with E-state index in [1.807, 2.05) is 24.3 Å². The number of alkyl halides is 2. The molecule has 0 atom stereocenters. The maximum absolute atomic E-state index is 10.4. The van der Waals surface area contributed by atoms with E-state index in [0.717, 1.165) is 37.9 Å². The zero-order valence-corrected chi connectivity index (χ0v) is 13.8. The van der Waals surface area contributed by atoms with Gasteiger partial charge in [0.1, 0.15) is 0 Å². The Hall–Kier alpha value is -0.970. The number of anilines is 1. The second-order valence-electron chi connectivity index (χ2n) is 4.28. The maximum atomic E-state index is 10.4. The first-order valence-electron chi connectivity index (χ1n) is 6.79. The first-order valence-corrected chi connectivity index (χ1v) is 7.86. The van der Waals surface area contributed by atoms with Crippen LogP contribution in [-0.4, -0.2) is 48.1 Å². The molecule has 0 saturated heterocycles. The van der Waals surface area contributed by atoms with E-state index in [9.17, 15) is 4.79 Å². The predicted molar refractivity (Wildman–Crippen MR) is 88.8 cm³/mol. The van der Waals surface area contributed by atoms with Crippen molar-refractivity contribution in [2.24, 2.45) is 0 Å². The average Bonchev–Trinajstić information content (AvgIpc) is 2.49. The van der Waals surface area contributed by atoms with Crippen molar-refractivity contribution in [1.82, 2.24) is 0 Å². The molecule has 1 rings (SSSR count). The van der Waals surface area contributed by atoms with Crippen LogP contribution in [-0.2, 0) is 11.2 Å². The molecule has 0 aromatic heterocycles. The number of carbonyl (C=O) groups is 1. The Bertz CT molecular complexity index is 379. The van der Waals surface area contributed by atoms with Gasteiger partial charge in [0, 0.05) is 44.1 Å². The fourth-order valence-electron chi connectivity index (χ4n) is 1.89. The molecule has 4 nitrogen and oxygen atoms in total. The number of rotatable bonds is 9. The molecule has 1 aromatic rings. The Balaban J connectivity index is 0.00000191. The molecule has 0 fully saturated rings. The highest BCUT2D eigenvalue weighted by Gasteiger charge is 2.05. The van der Waals surface area contributed by atoms with Gasteiger partial charge < -0.3 is 15.1 Å². The average molecular weight is 336 g/mol. The molecule has 120 valence electrons. The Morgan fingerprint density at radius 1 is 1.10 bits per heavy atom. The highest BCUT2D eigenvalue weighted by Crippen LogP contribution is 2.16. The number of carboxylic acids is 1. The summed E-state index contributed by atoms with van der Waals surface area (Å²) in [6, 6.07) is 8.14. The molecule has 0 aliphatic heterocycles. The van der Waals surface area contributed by atoms with E-state index < -0.39 is 5.97 Å². The topological polar surface area (TPSA) is 60.8 Å². The van der Waals surface area contributed by atoms with Crippen LogP contribution in [0.3, 0.4) is 0 Å². The molecule has 0 saturated carbocycles. The lowest BCUT2D eigenvalue weighted by Crippen LogP contribution is -2.27. The van der Waals surface area contributed by atoms with E-state index in [-0.39, 0.29) is 6.42 Å². The summed E-state index contributed by atoms with van der Waals surface area (Å²) in [5.74, 6) is 0.390. The third kappa shape index (κ3) is 8.81. The molecule has 1 aromatic carbocycles. The van der Waals surface area contributed by atoms with Crippen LogP contribution >= 0.6 is 23.2 Å². The van der Waals surface area contributed by atoms with Gasteiger partial charge in [-0.05, 0) is 30.5 Å². The lowest BCUT2D eigenvalue weighted by atomic mass is 10.1. The van der Waals surface area contributed by atoms with E-state index in [1.54, 1.807) is 0 Å². The van der Waals surface area contributed by atoms with Crippen molar-refractivity contribution in [3.05, 3.63) is 29.8 Å². The Labute approximate surface area is 136 Å². The first kappa shape index (κ1) is 20.0. The fraction of sp³-hybridized carbons (Fsp3) is 0.533. The molecule has 0 aliphatic carbocycles. The monoisotopic (exact) mass is 335 g/mol. The normalized spacial score (nSPS) is 9.71. The number of aliphatic carboxylic acids is 1. The van der Waals surface area contributed by atoms with Gasteiger partial charge in [-0.3, -0.25) is 4.79 Å². The number of carboxylic acid groups (broad SMARTS) is 1. The quantitative estimate of drug-likeness (QED) is 0.681. The number of benzene rings is 1. The minimum absolute atomic E-state index is 0.215. The van der Waals surface area contributed by atoms with E-state index >= 15 is 0 Å². The molecule has 21 heavy (non-hydrogen) atoms. The lowest BCUT2D eigenvalue weighted by Gasteiger charge is -2.23. The Kier molecular flexibility index (Phi) is 12.2. The molecule has 0 heterocycles. The third-order valence-corrected chi connectivity index (χ3v) is 3.20. The summed E-state index contributed by atoms with van der Waals surface area (Å²) in [7, 11) is 1.00. The van der Waals surface area contributed by atoms with Gasteiger partial charge in [-0.15, -0.1) is 23.2 Å². The van der Waals surface area contributed by atoms with Crippen LogP contribution in [0.15, 0.2) is 24.3 Å². The van der Waals surface area contributed by atoms with Crippen molar-refractivity contribution < 1.29 is 15.0 Å². The van der Waals surface area contributed by atoms with Crippen LogP contribution < -0.4 is 4.90 Å². The van der Waals surface area contributed by atoms with Crippen LogP contribution in [0.25, 0.3) is 0 Å². The number of hydrogen-bond acceptors (Lipinski definition) is 3. The van der Waals surface area contributed by atoms with E-state index in [2.05, 4.69) is 4.90 Å². The van der Waals surface area contributed by atoms with E-state index in [0.29, 0.717) is 18.2 Å². The van der Waals surface area contributed by atoms with E-state index in [4.69, 9.17) is 33.4 Å². The summed E-state index contributed by atoms with van der Waals surface area (Å²) in [5, 5.41) is 15.6. The summed E-state index contributed by atoms with van der Waals surface area (Å²) < 4.78 is 0. The number of aliphatic hydroxyl groups excluding tert-OH is 1. The van der Waals surface area contributed by atoms with Crippen LogP contribution in [0, 0.1) is 0 Å². The molecule has 0 bridgehead atoms. The summed E-state index contributed by atoms with van der Waals surface area (Å²) >= 11 is 11.5. The standard InChI is InChI=1S/C14H19Cl2NO2.CH4O/c15-8-10-17(11-9-16)13-6-4-12(5-7-13)2-1-3-14(18)19;1-2/h4-7H,1-3,8-11H2,(H,18,19);2H,1H3. The van der Waals surface area contributed by atoms with Gasteiger partial charge in [0.25, 0.3) is 0 Å². The van der Waals surface area contributed by atoms with Crippen LogP contribution in [0.1, 0.15) is 18.4 Å². The van der Waals surface area contributed by atoms with Crippen molar-refractivity contribution in [2.75, 3.05) is 36.9 Å². The molecule has 0 radical (unpaired) electrons. The van der Waals surface area contributed by atoms with Crippen molar-refractivity contribution in [2.45, 2.75) is 19.3 Å². The third-order valence-electron chi connectivity index (χ3n) is 2.87. The summed E-state index contributed by atoms with van der Waals surface area (Å²) in [6.07, 6.45) is 1.67. The van der Waals surface area contributed by atoms with Crippen LogP contribution in [0.5, 0.6) is 0 Å². The van der Waals surface area contributed by atoms with Gasteiger partial charge in [0.2, 0.25) is 0 Å². The molecule has 2 N–H and O–H groups in total. The fourth-order valence-corrected chi connectivity index (χ4v) is 2.30. The Morgan fingerprint density at radius 2 is 1.62 bits per heavy atom. The van der Waals surface area contributed by atoms with Crippen LogP contribution in [0.4, 0.5) is 5.69 Å². The van der Waals surface area contributed by atoms with Gasteiger partial charge in [-0.2, -0.15) is 0 Å². The van der Waals surface area contributed by atoms with Gasteiger partial charge >= 0.3 is 5.97 Å². The minimum atomic E-state index is -0.743. The number of aryl methyl sites for hydroxylation is 1. The second kappa shape index (κ2) is 12.7. The highest BCUT2D eigenvalue weighted by molar-refractivity contribution is 6.18. The minimum Gasteiger partial charge on any atom is -0.481 e. The van der Waals surface area contributed by atoms with Crippen molar-refractivity contribution >= 4 is 34.9 Å². The summed E-state index contributed by atoms with van der Waals surface area (Å²) in [6.45, 7) is 1.54. The molecule has 0 aliphatic rings. The molecule has 0 unspecified atom stereocenters. The molecular weight excluding hydrogens is 313 g/mol. The summed E-state index contributed by atoms with van der Waals surface area (Å²) in [4.78, 5) is 12.6. The predicted octanol–water partition coefficient (Wildman–Crippen LogP) is 2.99. The molecule has 6 heteroatoms. The zero-order chi connectivity index (χ0) is 16.1. The largest absolute Gasteiger partial charge is 0.481 e. The van der Waals surface area contributed by atoms with Crippen molar-refractivity contribution in [1.29, 1.82) is 0 Å².